The number of carbonyl (C=O) groups is 1. The highest BCUT2D eigenvalue weighted by molar-refractivity contribution is 6.24. The molecular weight excluding hydrogens is 492 g/mol. The Morgan fingerprint density at radius 3 is 1.80 bits per heavy atom. The highest BCUT2D eigenvalue weighted by atomic mass is 16.1. The minimum Gasteiger partial charge on any atom is -0.360 e. The zero-order valence-electron chi connectivity index (χ0n) is 22.6. The van der Waals surface area contributed by atoms with Crippen molar-refractivity contribution in [2.45, 2.75) is 19.9 Å². The second-order valence-corrected chi connectivity index (χ2v) is 9.85. The smallest absolute Gasteiger partial charge is 0.192 e. The van der Waals surface area contributed by atoms with Crippen LogP contribution in [-0.2, 0) is 0 Å². The molecule has 40 heavy (non-hydrogen) atoms. The fraction of sp³-hybridized carbons (Fsp3) is 0.143. The first-order valence-corrected chi connectivity index (χ1v) is 13.7. The summed E-state index contributed by atoms with van der Waals surface area (Å²) in [6, 6.07) is 38.6. The molecule has 0 bridgehead atoms. The molecule has 1 aliphatic carbocycles. The molecule has 4 aromatic rings. The third-order valence-electron chi connectivity index (χ3n) is 7.72. The van der Waals surface area contributed by atoms with Crippen molar-refractivity contribution in [2.75, 3.05) is 18.0 Å². The summed E-state index contributed by atoms with van der Waals surface area (Å²) >= 11 is 0. The molecule has 1 unspecified atom stereocenters. The Balaban J connectivity index is 1.46. The first-order valence-electron chi connectivity index (χ1n) is 13.7. The van der Waals surface area contributed by atoms with Gasteiger partial charge in [-0.3, -0.25) is 4.79 Å². The van der Waals surface area contributed by atoms with Gasteiger partial charge in [0.25, 0.3) is 0 Å². The molecule has 2 aliphatic rings. The monoisotopic (exact) mass is 522 g/mol. The standard InChI is InChI=1S/C35H30N4O/c1-3-38(4-2)35-30(23-36)31-28-17-11-12-18-29(28)34(40)32(31)33(37-35)24-19-21-27(22-20-24)39(25-13-7-5-8-14-25)26-15-9-6-10-16-26/h5-22,33,37H,3-4H2,1-2H3. The molecule has 5 heteroatoms. The van der Waals surface area contributed by atoms with Crippen LogP contribution in [0.4, 0.5) is 17.1 Å². The lowest BCUT2D eigenvalue weighted by Crippen LogP contribution is -2.39. The predicted octanol–water partition coefficient (Wildman–Crippen LogP) is 7.53. The Labute approximate surface area is 235 Å². The number of hydrogen-bond acceptors (Lipinski definition) is 5. The number of anilines is 3. The van der Waals surface area contributed by atoms with Crippen LogP contribution in [0.15, 0.2) is 126 Å². The number of Topliss-reactive ketones (excluding diaryl/α,β-unsaturated/α-hetero) is 1. The quantitative estimate of drug-likeness (QED) is 0.272. The molecule has 1 N–H and O–H groups in total. The summed E-state index contributed by atoms with van der Waals surface area (Å²) in [5.41, 5.74) is 7.55. The summed E-state index contributed by atoms with van der Waals surface area (Å²) in [4.78, 5) is 18.2. The molecule has 5 nitrogen and oxygen atoms in total. The van der Waals surface area contributed by atoms with Crippen LogP contribution in [0.5, 0.6) is 0 Å². The van der Waals surface area contributed by atoms with Gasteiger partial charge in [-0.15, -0.1) is 0 Å². The number of fused-ring (bicyclic) bond motifs is 2. The number of hydrogen-bond donors (Lipinski definition) is 1. The van der Waals surface area contributed by atoms with E-state index in [-0.39, 0.29) is 11.8 Å². The van der Waals surface area contributed by atoms with Crippen LogP contribution in [-0.4, -0.2) is 23.8 Å². The highest BCUT2D eigenvalue weighted by Gasteiger charge is 2.41. The van der Waals surface area contributed by atoms with E-state index in [1.165, 1.54) is 0 Å². The number of nitrogens with zero attached hydrogens (tertiary/aromatic N) is 3. The minimum absolute atomic E-state index is 0.0197. The van der Waals surface area contributed by atoms with Gasteiger partial charge in [-0.25, -0.2) is 0 Å². The van der Waals surface area contributed by atoms with E-state index >= 15 is 0 Å². The molecule has 0 radical (unpaired) electrons. The third kappa shape index (κ3) is 4.15. The maximum Gasteiger partial charge on any atom is 0.192 e. The lowest BCUT2D eigenvalue weighted by atomic mass is 9.87. The largest absolute Gasteiger partial charge is 0.360 e. The van der Waals surface area contributed by atoms with Crippen LogP contribution < -0.4 is 10.2 Å². The van der Waals surface area contributed by atoms with Crippen molar-refractivity contribution in [2.24, 2.45) is 0 Å². The van der Waals surface area contributed by atoms with E-state index in [4.69, 9.17) is 0 Å². The van der Waals surface area contributed by atoms with Gasteiger partial charge in [0.1, 0.15) is 17.5 Å². The zero-order chi connectivity index (χ0) is 27.6. The number of dihydropyridines is 1. The van der Waals surface area contributed by atoms with Crippen LogP contribution in [0.2, 0.25) is 0 Å². The van der Waals surface area contributed by atoms with Crippen molar-refractivity contribution in [3.8, 4) is 6.07 Å². The van der Waals surface area contributed by atoms with Gasteiger partial charge in [-0.05, 0) is 61.4 Å². The zero-order valence-corrected chi connectivity index (χ0v) is 22.6. The summed E-state index contributed by atoms with van der Waals surface area (Å²) < 4.78 is 0. The van der Waals surface area contributed by atoms with Crippen molar-refractivity contribution in [3.63, 3.8) is 0 Å². The lowest BCUT2D eigenvalue weighted by molar-refractivity contribution is 0.102. The second kappa shape index (κ2) is 10.6. The molecule has 196 valence electrons. The highest BCUT2D eigenvalue weighted by Crippen LogP contribution is 2.47. The van der Waals surface area contributed by atoms with Crippen LogP contribution in [0.25, 0.3) is 5.57 Å². The molecule has 0 fully saturated rings. The van der Waals surface area contributed by atoms with Gasteiger partial charge in [0.2, 0.25) is 0 Å². The van der Waals surface area contributed by atoms with E-state index in [1.807, 2.05) is 60.7 Å². The Bertz CT molecular complexity index is 1620. The first-order chi connectivity index (χ1) is 19.7. The van der Waals surface area contributed by atoms with Gasteiger partial charge in [0.15, 0.2) is 5.78 Å². The average molecular weight is 523 g/mol. The Hall–Kier alpha value is -5.08. The van der Waals surface area contributed by atoms with Gasteiger partial charge >= 0.3 is 0 Å². The molecular formula is C35H30N4O. The van der Waals surface area contributed by atoms with Gasteiger partial charge in [-0.1, -0.05) is 72.8 Å². The van der Waals surface area contributed by atoms with Crippen LogP contribution in [0.1, 0.15) is 41.4 Å². The van der Waals surface area contributed by atoms with Crippen LogP contribution in [0, 0.1) is 11.3 Å². The molecule has 0 spiro atoms. The van der Waals surface area contributed by atoms with Crippen LogP contribution >= 0.6 is 0 Å². The number of nitrogens with one attached hydrogen (secondary N) is 1. The maximum atomic E-state index is 13.8. The van der Waals surface area contributed by atoms with Gasteiger partial charge in [0.05, 0.1) is 6.04 Å². The molecule has 1 atom stereocenters. The van der Waals surface area contributed by atoms with Crippen molar-refractivity contribution in [3.05, 3.63) is 143 Å². The fourth-order valence-corrected chi connectivity index (χ4v) is 5.81. The van der Waals surface area contributed by atoms with Gasteiger partial charge < -0.3 is 15.1 Å². The number of para-hydroxylation sites is 2. The third-order valence-corrected chi connectivity index (χ3v) is 7.72. The Morgan fingerprint density at radius 1 is 0.725 bits per heavy atom. The maximum absolute atomic E-state index is 13.8. The van der Waals surface area contributed by atoms with E-state index in [0.29, 0.717) is 16.7 Å². The molecule has 0 saturated heterocycles. The number of nitriles is 1. The molecule has 0 saturated carbocycles. The molecule has 0 amide bonds. The van der Waals surface area contributed by atoms with Crippen molar-refractivity contribution >= 4 is 28.4 Å². The van der Waals surface area contributed by atoms with Crippen molar-refractivity contribution in [1.29, 1.82) is 5.26 Å². The fourth-order valence-electron chi connectivity index (χ4n) is 5.81. The van der Waals surface area contributed by atoms with E-state index < -0.39 is 0 Å². The normalized spacial score (nSPS) is 15.7. The number of allylic oxidation sites excluding steroid dienone is 2. The molecule has 6 rings (SSSR count). The summed E-state index contributed by atoms with van der Waals surface area (Å²) in [7, 11) is 0. The average Bonchev–Trinajstić information content (AvgIpc) is 3.31. The number of ketones is 1. The summed E-state index contributed by atoms with van der Waals surface area (Å²) in [5.74, 6) is 0.758. The SMILES string of the molecule is CCN(CC)C1=C(C#N)C2=C(C(=O)c3ccccc32)C(c2ccc(N(c3ccccc3)c3ccccc3)cc2)N1. The number of carbonyl (C=O) groups excluding carboxylic acids is 1. The molecule has 1 heterocycles. The topological polar surface area (TPSA) is 59.4 Å². The van der Waals surface area contributed by atoms with Crippen molar-refractivity contribution < 1.29 is 4.79 Å². The molecule has 1 aliphatic heterocycles. The summed E-state index contributed by atoms with van der Waals surface area (Å²) in [5, 5.41) is 13.9. The molecule has 0 aromatic heterocycles. The van der Waals surface area contributed by atoms with Gasteiger partial charge in [-0.2, -0.15) is 5.26 Å². The number of benzene rings is 4. The predicted molar refractivity (Wildman–Crippen MR) is 160 cm³/mol. The van der Waals surface area contributed by atoms with E-state index in [0.717, 1.165) is 52.7 Å². The Kier molecular flexibility index (Phi) is 6.67. The second-order valence-electron chi connectivity index (χ2n) is 9.85. The summed E-state index contributed by atoms with van der Waals surface area (Å²) in [6.07, 6.45) is 0. The Morgan fingerprint density at radius 2 is 1.25 bits per heavy atom. The van der Waals surface area contributed by atoms with E-state index in [2.05, 4.69) is 83.6 Å². The first kappa shape index (κ1) is 25.2. The van der Waals surface area contributed by atoms with E-state index in [1.54, 1.807) is 0 Å². The summed E-state index contributed by atoms with van der Waals surface area (Å²) in [6.45, 7) is 5.65. The van der Waals surface area contributed by atoms with E-state index in [9.17, 15) is 10.1 Å². The van der Waals surface area contributed by atoms with Crippen LogP contribution in [0.3, 0.4) is 0 Å². The van der Waals surface area contributed by atoms with Gasteiger partial charge in [0, 0.05) is 46.9 Å². The van der Waals surface area contributed by atoms with Crippen molar-refractivity contribution in [1.82, 2.24) is 10.2 Å². The number of rotatable bonds is 7. The minimum atomic E-state index is -0.376. The lowest BCUT2D eigenvalue weighted by Gasteiger charge is -2.35. The molecule has 4 aromatic carbocycles.